The zero-order valence-corrected chi connectivity index (χ0v) is 30.3. The molecule has 0 amide bonds. The molecule has 8 heteroatoms. The van der Waals surface area contributed by atoms with Crippen molar-refractivity contribution in [3.8, 4) is 0 Å². The maximum absolute atomic E-state index is 12.5. The Labute approximate surface area is 282 Å². The molecule has 7 nitrogen and oxygen atoms in total. The summed E-state index contributed by atoms with van der Waals surface area (Å²) in [6, 6.07) is 0. The number of Topliss-reactive ketones (excluding diaryl/α,β-unsaturated/α-hetero) is 1. The lowest BCUT2D eigenvalue weighted by Crippen LogP contribution is -2.32. The molecular formula is C38H68NO6P. The topological polar surface area (TPSA) is 116 Å². The van der Waals surface area contributed by atoms with Crippen molar-refractivity contribution in [1.29, 1.82) is 0 Å². The van der Waals surface area contributed by atoms with Gasteiger partial charge >= 0.3 is 13.8 Å². The van der Waals surface area contributed by atoms with E-state index >= 15 is 0 Å². The van der Waals surface area contributed by atoms with Crippen molar-refractivity contribution in [2.45, 2.75) is 174 Å². The second kappa shape index (κ2) is 33.1. The molecule has 0 aliphatic rings. The molecule has 0 fully saturated rings. The molecule has 0 saturated carbocycles. The molecule has 0 aromatic rings. The van der Waals surface area contributed by atoms with Crippen LogP contribution in [0.3, 0.4) is 0 Å². The van der Waals surface area contributed by atoms with Crippen molar-refractivity contribution >= 4 is 19.6 Å². The van der Waals surface area contributed by atoms with Gasteiger partial charge in [-0.05, 0) is 77.0 Å². The predicted molar refractivity (Wildman–Crippen MR) is 194 cm³/mol. The fourth-order valence-corrected chi connectivity index (χ4v) is 5.86. The molecule has 266 valence electrons. The summed E-state index contributed by atoms with van der Waals surface area (Å²) in [6.45, 7) is 4.19. The smallest absolute Gasteiger partial charge is 0.371 e. The second-order valence-corrected chi connectivity index (χ2v) is 13.5. The number of rotatable bonds is 33. The van der Waals surface area contributed by atoms with Gasteiger partial charge in [-0.15, -0.1) is 0 Å². The largest absolute Gasteiger partial charge is 0.530 e. The fraction of sp³-hybridized carbons (Fsp3) is 0.737. The molecule has 0 aliphatic heterocycles. The summed E-state index contributed by atoms with van der Waals surface area (Å²) in [5, 5.41) is 0. The average Bonchev–Trinajstić information content (AvgIpc) is 3.03. The molecule has 2 atom stereocenters. The first kappa shape index (κ1) is 44.2. The standard InChI is InChI=1S/C38H68NO6P/c1-3-5-7-9-11-13-15-17-19-21-23-25-27-29-31-33-36(40)37(35-39)44-46(42,43)45-38(41)34-32-30-28-26-24-22-20-18-16-14-12-10-8-6-4-2/h11-14,17-20,37H,3-10,15-16,21-35,39H2,1-2H3,(H,42,43). The van der Waals surface area contributed by atoms with Crippen LogP contribution >= 0.6 is 7.82 Å². The highest BCUT2D eigenvalue weighted by atomic mass is 31.2. The van der Waals surface area contributed by atoms with Crippen molar-refractivity contribution < 1.29 is 28.1 Å². The molecule has 3 N–H and O–H groups in total. The molecule has 0 rings (SSSR count). The summed E-state index contributed by atoms with van der Waals surface area (Å²) in [7, 11) is -4.71. The number of unbranched alkanes of at least 4 members (excludes halogenated alkanes) is 16. The Hall–Kier alpha value is -1.79. The van der Waals surface area contributed by atoms with Gasteiger partial charge < -0.3 is 10.3 Å². The van der Waals surface area contributed by atoms with Gasteiger partial charge in [-0.25, -0.2) is 4.57 Å². The number of carbonyl (C=O) groups excluding carboxylic acids is 2. The molecule has 0 aromatic carbocycles. The first-order valence-electron chi connectivity index (χ1n) is 18.4. The van der Waals surface area contributed by atoms with Gasteiger partial charge in [-0.2, -0.15) is 0 Å². The Balaban J connectivity index is 3.91. The minimum absolute atomic E-state index is 0.0333. The van der Waals surface area contributed by atoms with Gasteiger partial charge in [0.25, 0.3) is 0 Å². The first-order chi connectivity index (χ1) is 22.4. The van der Waals surface area contributed by atoms with Crippen LogP contribution in [0.25, 0.3) is 0 Å². The Morgan fingerprint density at radius 1 is 0.609 bits per heavy atom. The third kappa shape index (κ3) is 30.8. The Morgan fingerprint density at radius 2 is 1.00 bits per heavy atom. The van der Waals surface area contributed by atoms with Crippen LogP contribution in [0.1, 0.15) is 168 Å². The van der Waals surface area contributed by atoms with E-state index in [1.165, 1.54) is 51.4 Å². The van der Waals surface area contributed by atoms with E-state index in [4.69, 9.17) is 10.3 Å². The minimum Gasteiger partial charge on any atom is -0.371 e. The number of hydrogen-bond acceptors (Lipinski definition) is 6. The lowest BCUT2D eigenvalue weighted by atomic mass is 10.1. The SMILES string of the molecule is CCCCCC=CCC=CCCCCCCCC(=O)OP(=O)(O)OC(CN)C(=O)CCCCCCCC=CCC=CCCCCC. The van der Waals surface area contributed by atoms with Gasteiger partial charge in [-0.3, -0.25) is 19.0 Å². The summed E-state index contributed by atoms with van der Waals surface area (Å²) in [6.07, 6.45) is 40.4. The molecule has 46 heavy (non-hydrogen) atoms. The maximum atomic E-state index is 12.5. The van der Waals surface area contributed by atoms with Gasteiger partial charge in [0, 0.05) is 19.4 Å². The fourth-order valence-electron chi connectivity index (χ4n) is 4.94. The van der Waals surface area contributed by atoms with E-state index in [2.05, 4.69) is 67.0 Å². The monoisotopic (exact) mass is 665 g/mol. The molecule has 0 radical (unpaired) electrons. The molecule has 0 bridgehead atoms. The van der Waals surface area contributed by atoms with Crippen LogP contribution in [-0.4, -0.2) is 29.3 Å². The summed E-state index contributed by atoms with van der Waals surface area (Å²) in [5.74, 6) is -1.14. The first-order valence-corrected chi connectivity index (χ1v) is 19.9. The van der Waals surface area contributed by atoms with Gasteiger partial charge in [-0.1, -0.05) is 127 Å². The molecule has 0 aromatic heterocycles. The van der Waals surface area contributed by atoms with E-state index in [-0.39, 0.29) is 25.2 Å². The zero-order chi connectivity index (χ0) is 34.0. The Kier molecular flexibility index (Phi) is 31.8. The van der Waals surface area contributed by atoms with Crippen molar-refractivity contribution in [3.63, 3.8) is 0 Å². The molecule has 0 heterocycles. The van der Waals surface area contributed by atoms with E-state index in [1.54, 1.807) is 0 Å². The van der Waals surface area contributed by atoms with Crippen molar-refractivity contribution in [2.24, 2.45) is 5.73 Å². The number of phosphoric acid groups is 1. The van der Waals surface area contributed by atoms with E-state index < -0.39 is 19.9 Å². The van der Waals surface area contributed by atoms with Crippen LogP contribution in [0, 0.1) is 0 Å². The van der Waals surface area contributed by atoms with Crippen LogP contribution in [-0.2, 0) is 23.2 Å². The number of phosphoric ester groups is 1. The van der Waals surface area contributed by atoms with Crippen LogP contribution < -0.4 is 5.73 Å². The zero-order valence-electron chi connectivity index (χ0n) is 29.4. The molecule has 2 unspecified atom stereocenters. The lowest BCUT2D eigenvalue weighted by molar-refractivity contribution is -0.138. The van der Waals surface area contributed by atoms with Gasteiger partial charge in [0.1, 0.15) is 6.10 Å². The van der Waals surface area contributed by atoms with Crippen molar-refractivity contribution in [1.82, 2.24) is 0 Å². The molecule has 0 spiro atoms. The minimum atomic E-state index is -4.71. The van der Waals surface area contributed by atoms with E-state index in [1.807, 2.05) is 0 Å². The average molecular weight is 666 g/mol. The number of nitrogens with two attached hydrogens (primary N) is 1. The maximum Gasteiger partial charge on any atom is 0.530 e. The van der Waals surface area contributed by atoms with E-state index in [0.717, 1.165) is 77.0 Å². The summed E-state index contributed by atoms with van der Waals surface area (Å²) < 4.78 is 22.0. The van der Waals surface area contributed by atoms with Crippen molar-refractivity contribution in [2.75, 3.05) is 6.54 Å². The predicted octanol–water partition coefficient (Wildman–Crippen LogP) is 11.2. The van der Waals surface area contributed by atoms with Gasteiger partial charge in [0.15, 0.2) is 5.78 Å². The highest BCUT2D eigenvalue weighted by molar-refractivity contribution is 7.48. The third-order valence-electron chi connectivity index (χ3n) is 7.76. The van der Waals surface area contributed by atoms with Crippen molar-refractivity contribution in [3.05, 3.63) is 48.6 Å². The summed E-state index contributed by atoms with van der Waals surface area (Å²) in [5.41, 5.74) is 5.63. The second-order valence-electron chi connectivity index (χ2n) is 12.2. The number of carbonyl (C=O) groups is 2. The highest BCUT2D eigenvalue weighted by Gasteiger charge is 2.32. The van der Waals surface area contributed by atoms with Crippen LogP contribution in [0.5, 0.6) is 0 Å². The van der Waals surface area contributed by atoms with Gasteiger partial charge in [0.2, 0.25) is 0 Å². The molecule has 0 aliphatic carbocycles. The Bertz CT molecular complexity index is 898. The molecular weight excluding hydrogens is 597 g/mol. The number of hydrogen-bond donors (Lipinski definition) is 2. The van der Waals surface area contributed by atoms with Crippen LogP contribution in [0.15, 0.2) is 48.6 Å². The summed E-state index contributed by atoms with van der Waals surface area (Å²) >= 11 is 0. The summed E-state index contributed by atoms with van der Waals surface area (Å²) in [4.78, 5) is 34.6. The van der Waals surface area contributed by atoms with E-state index in [0.29, 0.717) is 12.8 Å². The molecule has 0 saturated heterocycles. The van der Waals surface area contributed by atoms with Crippen LogP contribution in [0.2, 0.25) is 0 Å². The number of allylic oxidation sites excluding steroid dienone is 8. The van der Waals surface area contributed by atoms with E-state index in [9.17, 15) is 19.0 Å². The Morgan fingerprint density at radius 3 is 1.43 bits per heavy atom. The third-order valence-corrected chi connectivity index (χ3v) is 8.71. The van der Waals surface area contributed by atoms with Gasteiger partial charge in [0.05, 0.1) is 0 Å². The lowest BCUT2D eigenvalue weighted by Gasteiger charge is -2.18. The number of ketones is 1. The van der Waals surface area contributed by atoms with Crippen LogP contribution in [0.4, 0.5) is 0 Å². The normalized spacial score (nSPS) is 14.2. The quantitative estimate of drug-likeness (QED) is 0.0407. The highest BCUT2D eigenvalue weighted by Crippen LogP contribution is 2.45.